The Morgan fingerprint density at radius 2 is 1.75 bits per heavy atom. The average Bonchev–Trinajstić information content (AvgIpc) is 2.39. The number of aryl methyl sites for hydroxylation is 1. The SMILES string of the molecule is CNC(Cc1ccc(F)cc1F)c1ccc(C)cc1F. The number of benzene rings is 2. The molecule has 0 fully saturated rings. The largest absolute Gasteiger partial charge is 0.313 e. The highest BCUT2D eigenvalue weighted by Gasteiger charge is 2.16. The second kappa shape index (κ2) is 6.09. The quantitative estimate of drug-likeness (QED) is 0.894. The van der Waals surface area contributed by atoms with Crippen molar-refractivity contribution in [2.75, 3.05) is 7.05 Å². The van der Waals surface area contributed by atoms with E-state index in [1.807, 2.05) is 6.07 Å². The second-order valence-corrected chi connectivity index (χ2v) is 4.81. The van der Waals surface area contributed by atoms with Crippen molar-refractivity contribution in [3.8, 4) is 0 Å². The summed E-state index contributed by atoms with van der Waals surface area (Å²) in [4.78, 5) is 0. The Bertz CT molecular complexity index is 611. The predicted molar refractivity (Wildman–Crippen MR) is 73.0 cm³/mol. The minimum Gasteiger partial charge on any atom is -0.313 e. The van der Waals surface area contributed by atoms with Gasteiger partial charge >= 0.3 is 0 Å². The molecule has 1 N–H and O–H groups in total. The molecule has 0 aliphatic carbocycles. The molecule has 0 spiro atoms. The Balaban J connectivity index is 2.28. The van der Waals surface area contributed by atoms with Gasteiger partial charge in [-0.25, -0.2) is 13.2 Å². The van der Waals surface area contributed by atoms with Crippen molar-refractivity contribution in [2.45, 2.75) is 19.4 Å². The second-order valence-electron chi connectivity index (χ2n) is 4.81. The monoisotopic (exact) mass is 279 g/mol. The highest BCUT2D eigenvalue weighted by atomic mass is 19.1. The van der Waals surface area contributed by atoms with E-state index in [9.17, 15) is 13.2 Å². The number of hydrogen-bond donors (Lipinski definition) is 1. The zero-order valence-corrected chi connectivity index (χ0v) is 11.4. The van der Waals surface area contributed by atoms with Crippen LogP contribution in [0.3, 0.4) is 0 Å². The van der Waals surface area contributed by atoms with Crippen LogP contribution in [-0.4, -0.2) is 7.05 Å². The summed E-state index contributed by atoms with van der Waals surface area (Å²) in [5, 5.41) is 2.97. The molecule has 0 radical (unpaired) electrons. The van der Waals surface area contributed by atoms with Gasteiger partial charge in [-0.3, -0.25) is 0 Å². The van der Waals surface area contributed by atoms with Gasteiger partial charge in [0.1, 0.15) is 17.5 Å². The van der Waals surface area contributed by atoms with E-state index in [1.54, 1.807) is 20.0 Å². The number of halogens is 3. The molecule has 1 unspecified atom stereocenters. The fourth-order valence-corrected chi connectivity index (χ4v) is 2.19. The molecule has 0 amide bonds. The van der Waals surface area contributed by atoms with Crippen molar-refractivity contribution in [1.82, 2.24) is 5.32 Å². The standard InChI is InChI=1S/C16H16F3N/c1-10-3-6-13(15(19)7-10)16(20-2)8-11-4-5-12(17)9-14(11)18/h3-7,9,16,20H,8H2,1-2H3. The van der Waals surface area contributed by atoms with Crippen molar-refractivity contribution in [1.29, 1.82) is 0 Å². The first kappa shape index (κ1) is 14.6. The van der Waals surface area contributed by atoms with Crippen LogP contribution in [0, 0.1) is 24.4 Å². The molecule has 0 aromatic heterocycles. The van der Waals surface area contributed by atoms with Crippen molar-refractivity contribution < 1.29 is 13.2 Å². The molecule has 0 saturated heterocycles. The lowest BCUT2D eigenvalue weighted by molar-refractivity contribution is 0.514. The maximum absolute atomic E-state index is 14.0. The van der Waals surface area contributed by atoms with Gasteiger partial charge in [-0.15, -0.1) is 0 Å². The maximum atomic E-state index is 14.0. The van der Waals surface area contributed by atoms with Crippen LogP contribution in [0.25, 0.3) is 0 Å². The Morgan fingerprint density at radius 1 is 1.00 bits per heavy atom. The molecule has 4 heteroatoms. The Morgan fingerprint density at radius 3 is 2.35 bits per heavy atom. The molecule has 2 rings (SSSR count). The predicted octanol–water partition coefficient (Wildman–Crippen LogP) is 3.92. The summed E-state index contributed by atoms with van der Waals surface area (Å²) in [5.41, 5.74) is 1.65. The van der Waals surface area contributed by atoms with E-state index in [-0.39, 0.29) is 18.3 Å². The van der Waals surface area contributed by atoms with Gasteiger partial charge in [0.2, 0.25) is 0 Å². The third-order valence-corrected chi connectivity index (χ3v) is 3.32. The van der Waals surface area contributed by atoms with Gasteiger partial charge in [0, 0.05) is 17.7 Å². The van der Waals surface area contributed by atoms with Crippen LogP contribution in [0.4, 0.5) is 13.2 Å². The number of rotatable bonds is 4. The molecule has 0 bridgehead atoms. The smallest absolute Gasteiger partial charge is 0.129 e. The summed E-state index contributed by atoms with van der Waals surface area (Å²) in [6.07, 6.45) is 0.253. The molecule has 0 aliphatic rings. The van der Waals surface area contributed by atoms with E-state index in [4.69, 9.17) is 0 Å². The number of likely N-dealkylation sites (N-methyl/N-ethyl adjacent to an activating group) is 1. The van der Waals surface area contributed by atoms with Crippen LogP contribution >= 0.6 is 0 Å². The van der Waals surface area contributed by atoms with Gasteiger partial charge in [-0.05, 0) is 43.7 Å². The van der Waals surface area contributed by atoms with E-state index in [2.05, 4.69) is 5.32 Å². The fraction of sp³-hybridized carbons (Fsp3) is 0.250. The number of hydrogen-bond acceptors (Lipinski definition) is 1. The van der Waals surface area contributed by atoms with E-state index in [1.165, 1.54) is 18.2 Å². The van der Waals surface area contributed by atoms with Gasteiger partial charge < -0.3 is 5.32 Å². The molecule has 1 atom stereocenters. The summed E-state index contributed by atoms with van der Waals surface area (Å²) >= 11 is 0. The molecule has 2 aromatic carbocycles. The molecule has 20 heavy (non-hydrogen) atoms. The minimum atomic E-state index is -0.617. The van der Waals surface area contributed by atoms with Crippen LogP contribution in [0.15, 0.2) is 36.4 Å². The van der Waals surface area contributed by atoms with Gasteiger partial charge in [-0.1, -0.05) is 18.2 Å². The molecular formula is C16H16F3N. The van der Waals surface area contributed by atoms with Crippen LogP contribution in [0.2, 0.25) is 0 Å². The van der Waals surface area contributed by atoms with Gasteiger partial charge in [0.05, 0.1) is 0 Å². The third kappa shape index (κ3) is 3.20. The van der Waals surface area contributed by atoms with E-state index in [0.717, 1.165) is 11.6 Å². The highest BCUT2D eigenvalue weighted by Crippen LogP contribution is 2.23. The fourth-order valence-electron chi connectivity index (χ4n) is 2.19. The topological polar surface area (TPSA) is 12.0 Å². The summed E-state index contributed by atoms with van der Waals surface area (Å²) in [7, 11) is 1.69. The molecule has 1 nitrogen and oxygen atoms in total. The summed E-state index contributed by atoms with van der Waals surface area (Å²) in [6.45, 7) is 1.81. The van der Waals surface area contributed by atoms with E-state index >= 15 is 0 Å². The van der Waals surface area contributed by atoms with Gasteiger partial charge in [-0.2, -0.15) is 0 Å². The summed E-state index contributed by atoms with van der Waals surface area (Å²) < 4.78 is 40.5. The Labute approximate surface area is 116 Å². The number of nitrogens with one attached hydrogen (secondary N) is 1. The molecule has 0 heterocycles. The summed E-state index contributed by atoms with van der Waals surface area (Å²) in [5.74, 6) is -1.56. The van der Waals surface area contributed by atoms with Crippen molar-refractivity contribution in [3.05, 3.63) is 70.5 Å². The van der Waals surface area contributed by atoms with Crippen LogP contribution in [0.5, 0.6) is 0 Å². The lowest BCUT2D eigenvalue weighted by Gasteiger charge is -2.18. The van der Waals surface area contributed by atoms with Crippen molar-refractivity contribution in [2.24, 2.45) is 0 Å². The first-order valence-corrected chi connectivity index (χ1v) is 6.38. The maximum Gasteiger partial charge on any atom is 0.129 e. The van der Waals surface area contributed by atoms with Crippen LogP contribution in [0.1, 0.15) is 22.7 Å². The third-order valence-electron chi connectivity index (χ3n) is 3.32. The zero-order chi connectivity index (χ0) is 14.7. The Kier molecular flexibility index (Phi) is 4.45. The molecule has 2 aromatic rings. The zero-order valence-electron chi connectivity index (χ0n) is 11.4. The molecule has 0 aliphatic heterocycles. The van der Waals surface area contributed by atoms with Crippen LogP contribution in [-0.2, 0) is 6.42 Å². The lowest BCUT2D eigenvalue weighted by Crippen LogP contribution is -2.20. The molecular weight excluding hydrogens is 263 g/mol. The normalized spacial score (nSPS) is 12.4. The lowest BCUT2D eigenvalue weighted by atomic mass is 9.97. The van der Waals surface area contributed by atoms with E-state index in [0.29, 0.717) is 11.1 Å². The molecule has 0 saturated carbocycles. The first-order chi connectivity index (χ1) is 9.51. The van der Waals surface area contributed by atoms with Crippen LogP contribution < -0.4 is 5.32 Å². The van der Waals surface area contributed by atoms with Crippen molar-refractivity contribution >= 4 is 0 Å². The van der Waals surface area contributed by atoms with Crippen molar-refractivity contribution in [3.63, 3.8) is 0 Å². The first-order valence-electron chi connectivity index (χ1n) is 6.38. The van der Waals surface area contributed by atoms with Gasteiger partial charge in [0.15, 0.2) is 0 Å². The van der Waals surface area contributed by atoms with Gasteiger partial charge in [0.25, 0.3) is 0 Å². The van der Waals surface area contributed by atoms with E-state index < -0.39 is 11.6 Å². The average molecular weight is 279 g/mol. The Hall–Kier alpha value is -1.81. The molecule has 106 valence electrons. The highest BCUT2D eigenvalue weighted by molar-refractivity contribution is 5.29. The summed E-state index contributed by atoms with van der Waals surface area (Å²) in [6, 6.07) is 8.01. The minimum absolute atomic E-state index is 0.253.